The van der Waals surface area contributed by atoms with Gasteiger partial charge in [-0.1, -0.05) is 11.6 Å². The summed E-state index contributed by atoms with van der Waals surface area (Å²) in [4.78, 5) is 12.7. The first kappa shape index (κ1) is 12.3. The lowest BCUT2D eigenvalue weighted by atomic mass is 10.0. The molecule has 0 N–H and O–H groups in total. The third-order valence-corrected chi connectivity index (χ3v) is 4.23. The van der Waals surface area contributed by atoms with Gasteiger partial charge in [-0.05, 0) is 48.6 Å². The number of aryl methyl sites for hydroxylation is 2. The van der Waals surface area contributed by atoms with Gasteiger partial charge in [0.2, 0.25) is 5.78 Å². The van der Waals surface area contributed by atoms with E-state index >= 15 is 0 Å². The van der Waals surface area contributed by atoms with Crippen molar-refractivity contribution in [2.45, 2.75) is 13.8 Å². The number of benzene rings is 1. The van der Waals surface area contributed by atoms with E-state index < -0.39 is 0 Å². The van der Waals surface area contributed by atoms with Crippen LogP contribution in [0, 0.1) is 19.7 Å². The van der Waals surface area contributed by atoms with Gasteiger partial charge in [-0.2, -0.15) is 0 Å². The van der Waals surface area contributed by atoms with Gasteiger partial charge in [-0.25, -0.2) is 4.39 Å². The van der Waals surface area contributed by atoms with Crippen LogP contribution in [0.2, 0.25) is 5.02 Å². The van der Waals surface area contributed by atoms with Crippen LogP contribution in [0.4, 0.5) is 4.39 Å². The highest BCUT2D eigenvalue weighted by Crippen LogP contribution is 2.30. The van der Waals surface area contributed by atoms with Crippen LogP contribution in [0.15, 0.2) is 23.6 Å². The summed E-state index contributed by atoms with van der Waals surface area (Å²) in [5.74, 6) is -0.488. The predicted octanol–water partition coefficient (Wildman–Crippen LogP) is 4.39. The zero-order valence-electron chi connectivity index (χ0n) is 9.38. The van der Waals surface area contributed by atoms with Crippen molar-refractivity contribution in [1.29, 1.82) is 0 Å². The van der Waals surface area contributed by atoms with E-state index in [1.807, 2.05) is 12.3 Å². The Hall–Kier alpha value is -1.19. The quantitative estimate of drug-likeness (QED) is 0.739. The van der Waals surface area contributed by atoms with Crippen molar-refractivity contribution >= 4 is 28.7 Å². The zero-order chi connectivity index (χ0) is 12.6. The van der Waals surface area contributed by atoms with Gasteiger partial charge in [0.1, 0.15) is 5.82 Å². The number of hydrogen-bond acceptors (Lipinski definition) is 2. The highest BCUT2D eigenvalue weighted by atomic mass is 35.5. The normalized spacial score (nSPS) is 10.6. The Morgan fingerprint density at radius 3 is 2.53 bits per heavy atom. The molecule has 0 unspecified atom stereocenters. The molecule has 0 amide bonds. The molecule has 4 heteroatoms. The van der Waals surface area contributed by atoms with Gasteiger partial charge in [0.25, 0.3) is 0 Å². The van der Waals surface area contributed by atoms with Gasteiger partial charge < -0.3 is 0 Å². The van der Waals surface area contributed by atoms with Crippen molar-refractivity contribution in [1.82, 2.24) is 0 Å². The van der Waals surface area contributed by atoms with Gasteiger partial charge >= 0.3 is 0 Å². The molecule has 2 aromatic rings. The molecular formula is C13H10ClFOS. The van der Waals surface area contributed by atoms with Crippen LogP contribution in [-0.2, 0) is 0 Å². The van der Waals surface area contributed by atoms with Gasteiger partial charge in [0.05, 0.1) is 9.90 Å². The smallest absolute Gasteiger partial charge is 0.204 e. The van der Waals surface area contributed by atoms with Crippen molar-refractivity contribution in [3.05, 3.63) is 56.0 Å². The highest BCUT2D eigenvalue weighted by molar-refractivity contribution is 7.13. The molecule has 1 aromatic heterocycles. The maximum atomic E-state index is 13.0. The second-order valence-corrected chi connectivity index (χ2v) is 5.11. The maximum absolute atomic E-state index is 13.0. The minimum Gasteiger partial charge on any atom is -0.288 e. The Balaban J connectivity index is 2.47. The summed E-state index contributed by atoms with van der Waals surface area (Å²) >= 11 is 7.37. The first-order valence-corrected chi connectivity index (χ1v) is 6.31. The van der Waals surface area contributed by atoms with Gasteiger partial charge in [0, 0.05) is 5.56 Å². The molecule has 88 valence electrons. The summed E-state index contributed by atoms with van der Waals surface area (Å²) in [6.07, 6.45) is 0. The number of halogens is 2. The average molecular weight is 269 g/mol. The molecule has 0 spiro atoms. The summed E-state index contributed by atoms with van der Waals surface area (Å²) in [6.45, 7) is 3.57. The maximum Gasteiger partial charge on any atom is 0.204 e. The third kappa shape index (κ3) is 2.26. The molecule has 0 aliphatic carbocycles. The molecule has 1 aromatic carbocycles. The van der Waals surface area contributed by atoms with E-state index in [2.05, 4.69) is 0 Å². The predicted molar refractivity (Wildman–Crippen MR) is 68.6 cm³/mol. The van der Waals surface area contributed by atoms with Crippen LogP contribution in [0.3, 0.4) is 0 Å². The second-order valence-electron chi connectivity index (χ2n) is 3.85. The van der Waals surface area contributed by atoms with Crippen LogP contribution < -0.4 is 0 Å². The lowest BCUT2D eigenvalue weighted by Gasteiger charge is -2.04. The van der Waals surface area contributed by atoms with E-state index in [1.54, 1.807) is 6.92 Å². The fraction of sp³-hybridized carbons (Fsp3) is 0.154. The summed E-state index contributed by atoms with van der Waals surface area (Å²) in [6, 6.07) is 4.13. The Kier molecular flexibility index (Phi) is 3.31. The summed E-state index contributed by atoms with van der Waals surface area (Å²) in [5.41, 5.74) is 2.01. The molecule has 0 radical (unpaired) electrons. The highest BCUT2D eigenvalue weighted by Gasteiger charge is 2.18. The van der Waals surface area contributed by atoms with E-state index in [9.17, 15) is 9.18 Å². The van der Waals surface area contributed by atoms with E-state index in [4.69, 9.17) is 11.6 Å². The van der Waals surface area contributed by atoms with Crippen LogP contribution >= 0.6 is 22.9 Å². The Morgan fingerprint density at radius 2 is 2.00 bits per heavy atom. The number of thiophene rings is 1. The molecular weight excluding hydrogens is 259 g/mol. The first-order valence-electron chi connectivity index (χ1n) is 5.05. The van der Waals surface area contributed by atoms with Crippen molar-refractivity contribution < 1.29 is 9.18 Å². The van der Waals surface area contributed by atoms with Crippen molar-refractivity contribution in [2.24, 2.45) is 0 Å². The molecule has 0 saturated carbocycles. The Bertz CT molecular complexity index is 589. The van der Waals surface area contributed by atoms with Crippen LogP contribution in [-0.4, -0.2) is 5.78 Å². The largest absolute Gasteiger partial charge is 0.288 e. The van der Waals surface area contributed by atoms with E-state index in [0.717, 1.165) is 5.56 Å². The van der Waals surface area contributed by atoms with Gasteiger partial charge in [-0.15, -0.1) is 11.3 Å². The molecule has 2 rings (SSSR count). The zero-order valence-corrected chi connectivity index (χ0v) is 11.0. The lowest BCUT2D eigenvalue weighted by molar-refractivity contribution is 0.104. The molecule has 0 atom stereocenters. The SMILES string of the molecule is Cc1cc(F)ccc1C(=O)c1scc(C)c1Cl. The van der Waals surface area contributed by atoms with E-state index in [0.29, 0.717) is 21.0 Å². The molecule has 0 aliphatic heterocycles. The van der Waals surface area contributed by atoms with E-state index in [-0.39, 0.29) is 11.6 Å². The molecule has 0 bridgehead atoms. The first-order chi connectivity index (χ1) is 8.00. The monoisotopic (exact) mass is 268 g/mol. The minimum atomic E-state index is -0.340. The standard InChI is InChI=1S/C13H10ClFOS/c1-7-5-9(15)3-4-10(7)12(16)13-11(14)8(2)6-17-13/h3-6H,1-2H3. The Labute approximate surface area is 108 Å². The number of carbonyl (C=O) groups excluding carboxylic acids is 1. The van der Waals surface area contributed by atoms with Gasteiger partial charge in [-0.3, -0.25) is 4.79 Å². The fourth-order valence-electron chi connectivity index (χ4n) is 1.59. The Morgan fingerprint density at radius 1 is 1.29 bits per heavy atom. The van der Waals surface area contributed by atoms with Crippen molar-refractivity contribution in [2.75, 3.05) is 0 Å². The van der Waals surface area contributed by atoms with Gasteiger partial charge in [0.15, 0.2) is 0 Å². The average Bonchev–Trinajstić information content (AvgIpc) is 2.59. The number of hydrogen-bond donors (Lipinski definition) is 0. The number of carbonyl (C=O) groups is 1. The van der Waals surface area contributed by atoms with Crippen LogP contribution in [0.25, 0.3) is 0 Å². The fourth-order valence-corrected chi connectivity index (χ4v) is 2.82. The summed E-state index contributed by atoms with van der Waals surface area (Å²) in [5, 5.41) is 2.33. The number of rotatable bonds is 2. The second kappa shape index (κ2) is 4.59. The molecule has 17 heavy (non-hydrogen) atoms. The lowest BCUT2D eigenvalue weighted by Crippen LogP contribution is -2.02. The molecule has 0 aliphatic rings. The van der Waals surface area contributed by atoms with E-state index in [1.165, 1.54) is 29.5 Å². The molecule has 0 fully saturated rings. The number of ketones is 1. The van der Waals surface area contributed by atoms with Crippen LogP contribution in [0.5, 0.6) is 0 Å². The van der Waals surface area contributed by atoms with Crippen molar-refractivity contribution in [3.8, 4) is 0 Å². The molecule has 1 heterocycles. The minimum absolute atomic E-state index is 0.148. The molecule has 1 nitrogen and oxygen atoms in total. The van der Waals surface area contributed by atoms with Crippen LogP contribution in [0.1, 0.15) is 26.4 Å². The topological polar surface area (TPSA) is 17.1 Å². The van der Waals surface area contributed by atoms with Crippen molar-refractivity contribution in [3.63, 3.8) is 0 Å². The summed E-state index contributed by atoms with van der Waals surface area (Å²) in [7, 11) is 0. The third-order valence-electron chi connectivity index (χ3n) is 2.54. The molecule has 0 saturated heterocycles. The summed E-state index contributed by atoms with van der Waals surface area (Å²) < 4.78 is 13.0.